The van der Waals surface area contributed by atoms with E-state index in [4.69, 9.17) is 0 Å². The van der Waals surface area contributed by atoms with Crippen LogP contribution in [0.15, 0.2) is 0 Å². The second-order valence-electron chi connectivity index (χ2n) is 8.37. The highest BCUT2D eigenvalue weighted by Gasteiger charge is 2.56. The molecule has 0 aliphatic heterocycles. The van der Waals surface area contributed by atoms with Crippen molar-refractivity contribution >= 4 is 0 Å². The molecule has 2 rings (SSSR count). The lowest BCUT2D eigenvalue weighted by molar-refractivity contribution is -0.142. The highest BCUT2D eigenvalue weighted by Crippen LogP contribution is 2.63. The van der Waals surface area contributed by atoms with Crippen LogP contribution in [0.1, 0.15) is 67.7 Å². The van der Waals surface area contributed by atoms with Crippen molar-refractivity contribution in [1.29, 1.82) is 0 Å². The molecule has 2 saturated carbocycles. The van der Waals surface area contributed by atoms with Crippen molar-refractivity contribution in [2.75, 3.05) is 0 Å². The third-order valence-electron chi connectivity index (χ3n) is 7.15. The molecule has 2 fully saturated rings. The van der Waals surface area contributed by atoms with E-state index in [2.05, 4.69) is 48.5 Å². The zero-order chi connectivity index (χ0) is 13.7. The van der Waals surface area contributed by atoms with Gasteiger partial charge < -0.3 is 0 Å². The van der Waals surface area contributed by atoms with Gasteiger partial charge in [-0.1, -0.05) is 54.9 Å². The molecule has 0 amide bonds. The van der Waals surface area contributed by atoms with Crippen LogP contribution < -0.4 is 0 Å². The highest BCUT2D eigenvalue weighted by molar-refractivity contribution is 5.05. The van der Waals surface area contributed by atoms with Gasteiger partial charge >= 0.3 is 0 Å². The van der Waals surface area contributed by atoms with Gasteiger partial charge in [0.1, 0.15) is 0 Å². The maximum Gasteiger partial charge on any atom is -0.0323 e. The molecule has 6 unspecified atom stereocenters. The molecule has 0 aromatic carbocycles. The van der Waals surface area contributed by atoms with Crippen LogP contribution in [0.3, 0.4) is 0 Å². The summed E-state index contributed by atoms with van der Waals surface area (Å²) in [4.78, 5) is 0. The van der Waals surface area contributed by atoms with Crippen molar-refractivity contribution in [3.63, 3.8) is 0 Å². The monoisotopic (exact) mass is 250 g/mol. The molecule has 6 atom stereocenters. The number of hydrogen-bond donors (Lipinski definition) is 0. The predicted molar refractivity (Wildman–Crippen MR) is 80.4 cm³/mol. The van der Waals surface area contributed by atoms with E-state index < -0.39 is 0 Å². The van der Waals surface area contributed by atoms with Gasteiger partial charge in [0.05, 0.1) is 0 Å². The van der Waals surface area contributed by atoms with Crippen LogP contribution in [0.2, 0.25) is 0 Å². The summed E-state index contributed by atoms with van der Waals surface area (Å²) >= 11 is 0. The number of hydrogen-bond acceptors (Lipinski definition) is 0. The van der Waals surface area contributed by atoms with Gasteiger partial charge in [-0.15, -0.1) is 0 Å². The first-order valence-corrected chi connectivity index (χ1v) is 8.29. The Balaban J connectivity index is 1.97. The van der Waals surface area contributed by atoms with Crippen LogP contribution in [-0.2, 0) is 0 Å². The molecule has 2 aliphatic rings. The quantitative estimate of drug-likeness (QED) is 0.594. The molecule has 0 aromatic heterocycles. The molecule has 0 nitrogen and oxygen atoms in total. The summed E-state index contributed by atoms with van der Waals surface area (Å²) in [6.07, 6.45) is 4.39. The average Bonchev–Trinajstić information content (AvgIpc) is 2.29. The Morgan fingerprint density at radius 3 is 2.00 bits per heavy atom. The van der Waals surface area contributed by atoms with Crippen LogP contribution in [0.25, 0.3) is 0 Å². The fourth-order valence-corrected chi connectivity index (χ4v) is 4.74. The first-order chi connectivity index (χ1) is 8.29. The average molecular weight is 250 g/mol. The van der Waals surface area contributed by atoms with Crippen LogP contribution in [-0.4, -0.2) is 0 Å². The van der Waals surface area contributed by atoms with Gasteiger partial charge in [-0.2, -0.15) is 0 Å². The Bertz CT molecular complexity index is 288. The molecule has 2 aliphatic carbocycles. The summed E-state index contributed by atoms with van der Waals surface area (Å²) in [6, 6.07) is 0. The standard InChI is InChI=1S/C18H34/c1-8-18(6,7)13(5)12(4)16-10-14-9-15(11(2)3)17(14)16/h11-17H,8-10H2,1-7H3. The SMILES string of the molecule is CCC(C)(C)C(C)C(C)C1CC2CC(C(C)C)C21. The van der Waals surface area contributed by atoms with Gasteiger partial charge in [0, 0.05) is 0 Å². The van der Waals surface area contributed by atoms with Gasteiger partial charge in [0.15, 0.2) is 0 Å². The molecule has 0 bridgehead atoms. The second kappa shape index (κ2) is 4.84. The maximum absolute atomic E-state index is 2.54. The van der Waals surface area contributed by atoms with Gasteiger partial charge in [0.25, 0.3) is 0 Å². The molecule has 106 valence electrons. The first kappa shape index (κ1) is 14.4. The lowest BCUT2D eigenvalue weighted by Gasteiger charge is -2.63. The Morgan fingerprint density at radius 1 is 1.00 bits per heavy atom. The summed E-state index contributed by atoms with van der Waals surface area (Å²) in [5.41, 5.74) is 0.515. The Kier molecular flexibility index (Phi) is 3.87. The Hall–Kier alpha value is 0. The molecule has 18 heavy (non-hydrogen) atoms. The van der Waals surface area contributed by atoms with Crippen LogP contribution in [0.4, 0.5) is 0 Å². The van der Waals surface area contributed by atoms with Crippen molar-refractivity contribution in [2.45, 2.75) is 67.7 Å². The van der Waals surface area contributed by atoms with Gasteiger partial charge in [0.2, 0.25) is 0 Å². The fraction of sp³-hybridized carbons (Fsp3) is 1.00. The van der Waals surface area contributed by atoms with E-state index in [9.17, 15) is 0 Å². The largest absolute Gasteiger partial charge is 0.0649 e. The Morgan fingerprint density at radius 2 is 1.56 bits per heavy atom. The molecule has 0 radical (unpaired) electrons. The smallest absolute Gasteiger partial charge is 0.0323 e. The zero-order valence-electron chi connectivity index (χ0n) is 13.7. The predicted octanol–water partition coefficient (Wildman–Crippen LogP) is 5.62. The molecule has 0 aromatic rings. The second-order valence-corrected chi connectivity index (χ2v) is 8.37. The van der Waals surface area contributed by atoms with Crippen molar-refractivity contribution in [1.82, 2.24) is 0 Å². The minimum absolute atomic E-state index is 0.515. The molecule has 0 saturated heterocycles. The summed E-state index contributed by atoms with van der Waals surface area (Å²) in [7, 11) is 0. The fourth-order valence-electron chi connectivity index (χ4n) is 4.74. The summed E-state index contributed by atoms with van der Waals surface area (Å²) < 4.78 is 0. The molecular formula is C18H34. The molecule has 0 heteroatoms. The molecule has 0 heterocycles. The third-order valence-corrected chi connectivity index (χ3v) is 7.15. The minimum Gasteiger partial charge on any atom is -0.0649 e. The van der Waals surface area contributed by atoms with E-state index in [1.807, 2.05) is 0 Å². The summed E-state index contributed by atoms with van der Waals surface area (Å²) in [5.74, 6) is 6.99. The maximum atomic E-state index is 2.54. The number of fused-ring (bicyclic) bond motifs is 1. The molecule has 0 spiro atoms. The van der Waals surface area contributed by atoms with Crippen LogP contribution in [0.5, 0.6) is 0 Å². The van der Waals surface area contributed by atoms with E-state index in [0.29, 0.717) is 5.41 Å². The van der Waals surface area contributed by atoms with E-state index in [-0.39, 0.29) is 0 Å². The molecular weight excluding hydrogens is 216 g/mol. The van der Waals surface area contributed by atoms with Crippen molar-refractivity contribution in [3.05, 3.63) is 0 Å². The van der Waals surface area contributed by atoms with E-state index in [0.717, 1.165) is 41.4 Å². The van der Waals surface area contributed by atoms with Crippen molar-refractivity contribution in [3.8, 4) is 0 Å². The van der Waals surface area contributed by atoms with Crippen molar-refractivity contribution in [2.24, 2.45) is 46.8 Å². The van der Waals surface area contributed by atoms with Gasteiger partial charge in [-0.05, 0) is 59.7 Å². The highest BCUT2D eigenvalue weighted by atomic mass is 14.6. The van der Waals surface area contributed by atoms with Gasteiger partial charge in [-0.25, -0.2) is 0 Å². The lowest BCUT2D eigenvalue weighted by Crippen LogP contribution is -2.56. The number of rotatable bonds is 5. The van der Waals surface area contributed by atoms with E-state index in [1.165, 1.54) is 12.8 Å². The third kappa shape index (κ3) is 2.14. The minimum atomic E-state index is 0.515. The first-order valence-electron chi connectivity index (χ1n) is 8.29. The lowest BCUT2D eigenvalue weighted by atomic mass is 9.42. The normalized spacial score (nSPS) is 38.7. The van der Waals surface area contributed by atoms with Crippen LogP contribution in [0, 0.1) is 46.8 Å². The topological polar surface area (TPSA) is 0 Å². The van der Waals surface area contributed by atoms with Gasteiger partial charge in [-0.3, -0.25) is 0 Å². The van der Waals surface area contributed by atoms with Crippen molar-refractivity contribution < 1.29 is 0 Å². The zero-order valence-corrected chi connectivity index (χ0v) is 13.7. The summed E-state index contributed by atoms with van der Waals surface area (Å²) in [6.45, 7) is 17.2. The van der Waals surface area contributed by atoms with E-state index >= 15 is 0 Å². The molecule has 0 N–H and O–H groups in total. The van der Waals surface area contributed by atoms with Crippen LogP contribution >= 0.6 is 0 Å². The summed E-state index contributed by atoms with van der Waals surface area (Å²) in [5, 5.41) is 0. The Labute approximate surface area is 115 Å². The van der Waals surface area contributed by atoms with E-state index in [1.54, 1.807) is 6.42 Å².